The maximum absolute atomic E-state index is 5.77. The van der Waals surface area contributed by atoms with E-state index in [9.17, 15) is 0 Å². The third-order valence-electron chi connectivity index (χ3n) is 2.62. The van der Waals surface area contributed by atoms with E-state index in [2.05, 4.69) is 32.6 Å². The number of thiazole rings is 1. The Hall–Kier alpha value is -1.69. The van der Waals surface area contributed by atoms with Gasteiger partial charge in [0.1, 0.15) is 17.5 Å². The van der Waals surface area contributed by atoms with Gasteiger partial charge < -0.3 is 11.1 Å². The molecule has 0 saturated heterocycles. The summed E-state index contributed by atoms with van der Waals surface area (Å²) in [6.45, 7) is 4.92. The van der Waals surface area contributed by atoms with Gasteiger partial charge in [0.15, 0.2) is 0 Å². The molecule has 0 aliphatic rings. The Morgan fingerprint density at radius 1 is 1.26 bits per heavy atom. The summed E-state index contributed by atoms with van der Waals surface area (Å²) >= 11 is 1.68. The number of hydrogen-bond acceptors (Lipinski definition) is 6. The van der Waals surface area contributed by atoms with E-state index in [1.165, 1.54) is 0 Å². The van der Waals surface area contributed by atoms with Gasteiger partial charge in [-0.1, -0.05) is 6.92 Å². The topological polar surface area (TPSA) is 76.7 Å². The van der Waals surface area contributed by atoms with Gasteiger partial charge in [0.2, 0.25) is 0 Å². The van der Waals surface area contributed by atoms with Crippen molar-refractivity contribution in [2.24, 2.45) is 0 Å². The van der Waals surface area contributed by atoms with Gasteiger partial charge >= 0.3 is 0 Å². The highest BCUT2D eigenvalue weighted by Crippen LogP contribution is 2.11. The number of rotatable bonds is 6. The van der Waals surface area contributed by atoms with Gasteiger partial charge in [0.25, 0.3) is 0 Å². The average molecular weight is 277 g/mol. The summed E-state index contributed by atoms with van der Waals surface area (Å²) in [6.07, 6.45) is 2.75. The van der Waals surface area contributed by atoms with Crippen LogP contribution in [0.5, 0.6) is 0 Å². The van der Waals surface area contributed by atoms with Crippen molar-refractivity contribution in [2.45, 2.75) is 33.1 Å². The van der Waals surface area contributed by atoms with Gasteiger partial charge in [0.05, 0.1) is 10.7 Å². The fourth-order valence-electron chi connectivity index (χ4n) is 1.79. The summed E-state index contributed by atoms with van der Waals surface area (Å²) in [5.41, 5.74) is 6.89. The second-order valence-corrected chi connectivity index (χ2v) is 5.44. The van der Waals surface area contributed by atoms with Crippen LogP contribution in [0, 0.1) is 6.92 Å². The Bertz CT molecular complexity index is 538. The van der Waals surface area contributed by atoms with Crippen molar-refractivity contribution < 1.29 is 0 Å². The van der Waals surface area contributed by atoms with E-state index in [1.807, 2.05) is 6.92 Å². The number of aromatic nitrogens is 3. The van der Waals surface area contributed by atoms with Gasteiger partial charge in [-0.05, 0) is 13.3 Å². The molecule has 2 rings (SSSR count). The molecule has 2 aromatic rings. The number of nitrogen functional groups attached to an aromatic ring is 1. The highest BCUT2D eigenvalue weighted by molar-refractivity contribution is 7.09. The Kier molecular flexibility index (Phi) is 4.68. The lowest BCUT2D eigenvalue weighted by Crippen LogP contribution is -2.09. The average Bonchev–Trinajstić information content (AvgIpc) is 2.75. The smallest absolute Gasteiger partial charge is 0.133 e. The normalized spacial score (nSPS) is 10.6. The molecule has 0 aromatic carbocycles. The minimum atomic E-state index is 0.519. The predicted octanol–water partition coefficient (Wildman–Crippen LogP) is 2.43. The van der Waals surface area contributed by atoms with Crippen LogP contribution in [0.2, 0.25) is 0 Å². The van der Waals surface area contributed by atoms with E-state index in [1.54, 1.807) is 17.4 Å². The summed E-state index contributed by atoms with van der Waals surface area (Å²) in [5, 5.41) is 6.47. The van der Waals surface area contributed by atoms with Crippen molar-refractivity contribution in [1.29, 1.82) is 0 Å². The minimum Gasteiger partial charge on any atom is -0.384 e. The van der Waals surface area contributed by atoms with Crippen LogP contribution in [-0.4, -0.2) is 21.5 Å². The molecule has 6 heteroatoms. The monoisotopic (exact) mass is 277 g/mol. The third kappa shape index (κ3) is 4.17. The molecule has 0 bridgehead atoms. The first-order chi connectivity index (χ1) is 9.17. The lowest BCUT2D eigenvalue weighted by Gasteiger charge is -2.07. The van der Waals surface area contributed by atoms with Crippen LogP contribution >= 0.6 is 11.3 Å². The maximum atomic E-state index is 5.77. The van der Waals surface area contributed by atoms with Gasteiger partial charge in [-0.15, -0.1) is 11.3 Å². The van der Waals surface area contributed by atoms with E-state index < -0.39 is 0 Å². The van der Waals surface area contributed by atoms with Crippen molar-refractivity contribution >= 4 is 23.0 Å². The van der Waals surface area contributed by atoms with Crippen LogP contribution in [0.3, 0.4) is 0 Å². The molecule has 0 aliphatic heterocycles. The van der Waals surface area contributed by atoms with E-state index in [-0.39, 0.29) is 0 Å². The van der Waals surface area contributed by atoms with Crippen LogP contribution in [0.25, 0.3) is 0 Å². The largest absolute Gasteiger partial charge is 0.384 e. The molecule has 2 heterocycles. The van der Waals surface area contributed by atoms with E-state index in [0.717, 1.165) is 48.2 Å². The molecule has 0 aliphatic carbocycles. The molecule has 0 atom stereocenters. The summed E-state index contributed by atoms with van der Waals surface area (Å²) in [4.78, 5) is 13.1. The zero-order chi connectivity index (χ0) is 13.7. The molecule has 102 valence electrons. The van der Waals surface area contributed by atoms with Crippen LogP contribution in [0.1, 0.15) is 29.9 Å². The van der Waals surface area contributed by atoms with E-state index in [4.69, 9.17) is 5.73 Å². The number of hydrogen-bond donors (Lipinski definition) is 2. The SMILES string of the molecule is CCCc1nc(N)cc(NCCc2csc(C)n2)n1. The number of nitrogens with one attached hydrogen (secondary N) is 1. The molecular weight excluding hydrogens is 258 g/mol. The van der Waals surface area contributed by atoms with Crippen molar-refractivity contribution in [3.05, 3.63) is 28.0 Å². The second-order valence-electron chi connectivity index (χ2n) is 4.38. The van der Waals surface area contributed by atoms with Crippen molar-refractivity contribution in [2.75, 3.05) is 17.6 Å². The molecule has 2 aromatic heterocycles. The number of nitrogens with zero attached hydrogens (tertiary/aromatic N) is 3. The molecule has 3 N–H and O–H groups in total. The molecule has 19 heavy (non-hydrogen) atoms. The molecule has 0 radical (unpaired) electrons. The fourth-order valence-corrected chi connectivity index (χ4v) is 2.43. The quantitative estimate of drug-likeness (QED) is 0.848. The van der Waals surface area contributed by atoms with Crippen LogP contribution < -0.4 is 11.1 Å². The Morgan fingerprint density at radius 2 is 2.11 bits per heavy atom. The van der Waals surface area contributed by atoms with Gasteiger partial charge in [-0.2, -0.15) is 0 Å². The third-order valence-corrected chi connectivity index (χ3v) is 3.44. The summed E-state index contributed by atoms with van der Waals surface area (Å²) in [6, 6.07) is 1.77. The standard InChI is InChI=1S/C13H19N5S/c1-3-4-12-17-11(14)7-13(18-12)15-6-5-10-8-19-9(2)16-10/h7-8H,3-6H2,1-2H3,(H3,14,15,17,18). The van der Waals surface area contributed by atoms with Crippen molar-refractivity contribution in [3.8, 4) is 0 Å². The molecule has 0 unspecified atom stereocenters. The van der Waals surface area contributed by atoms with Crippen molar-refractivity contribution in [3.63, 3.8) is 0 Å². The highest BCUT2D eigenvalue weighted by Gasteiger charge is 2.03. The van der Waals surface area contributed by atoms with E-state index >= 15 is 0 Å². The number of anilines is 2. The molecular formula is C13H19N5S. The number of aryl methyl sites for hydroxylation is 2. The predicted molar refractivity (Wildman–Crippen MR) is 79.5 cm³/mol. The summed E-state index contributed by atoms with van der Waals surface area (Å²) in [7, 11) is 0. The lowest BCUT2D eigenvalue weighted by atomic mass is 10.3. The zero-order valence-corrected chi connectivity index (χ0v) is 12.1. The molecule has 0 spiro atoms. The summed E-state index contributed by atoms with van der Waals surface area (Å²) in [5.74, 6) is 2.11. The summed E-state index contributed by atoms with van der Waals surface area (Å²) < 4.78 is 0. The first-order valence-corrected chi connectivity index (χ1v) is 7.33. The highest BCUT2D eigenvalue weighted by atomic mass is 32.1. The fraction of sp³-hybridized carbons (Fsp3) is 0.462. The maximum Gasteiger partial charge on any atom is 0.133 e. The molecule has 0 fully saturated rings. The van der Waals surface area contributed by atoms with Crippen LogP contribution in [0.15, 0.2) is 11.4 Å². The zero-order valence-electron chi connectivity index (χ0n) is 11.3. The Labute approximate surface area is 117 Å². The van der Waals surface area contributed by atoms with Crippen molar-refractivity contribution in [1.82, 2.24) is 15.0 Å². The number of nitrogens with two attached hydrogens (primary N) is 1. The van der Waals surface area contributed by atoms with Gasteiger partial charge in [-0.25, -0.2) is 15.0 Å². The Balaban J connectivity index is 1.91. The first-order valence-electron chi connectivity index (χ1n) is 6.45. The first kappa shape index (κ1) is 13.7. The van der Waals surface area contributed by atoms with Crippen LogP contribution in [0.4, 0.5) is 11.6 Å². The van der Waals surface area contributed by atoms with Gasteiger partial charge in [0, 0.05) is 30.8 Å². The second kappa shape index (κ2) is 6.47. The van der Waals surface area contributed by atoms with Gasteiger partial charge in [-0.3, -0.25) is 0 Å². The lowest BCUT2D eigenvalue weighted by molar-refractivity contribution is 0.835. The molecule has 5 nitrogen and oxygen atoms in total. The molecule has 0 saturated carbocycles. The Morgan fingerprint density at radius 3 is 2.79 bits per heavy atom. The van der Waals surface area contributed by atoms with Crippen LogP contribution in [-0.2, 0) is 12.8 Å². The van der Waals surface area contributed by atoms with E-state index in [0.29, 0.717) is 5.82 Å². The minimum absolute atomic E-state index is 0.519. The molecule has 0 amide bonds.